The molecule has 8 aromatic rings. The highest BCUT2D eigenvalue weighted by Gasteiger charge is 2.48. The third kappa shape index (κ3) is 5.32. The molecule has 0 nitrogen and oxygen atoms in total. The van der Waals surface area contributed by atoms with Crippen LogP contribution in [0.15, 0.2) is 146 Å². The Kier molecular flexibility index (Phi) is 7.97. The van der Waals surface area contributed by atoms with Crippen LogP contribution in [-0.4, -0.2) is 10.3 Å². The fourth-order valence-corrected chi connectivity index (χ4v) is 17.3. The van der Waals surface area contributed by atoms with Gasteiger partial charge in [0.15, 0.2) is 0 Å². The minimum Gasteiger partial charge on any atom is -0.0880 e. The molecule has 4 atom stereocenters. The summed E-state index contributed by atoms with van der Waals surface area (Å²) in [7, 11) is -1.11. The van der Waals surface area contributed by atoms with Gasteiger partial charge in [0, 0.05) is 11.3 Å². The average molecular weight is 735 g/mol. The normalized spacial score (nSPS) is 19.9. The van der Waals surface area contributed by atoms with Gasteiger partial charge in [-0.15, -0.1) is 0 Å². The molecule has 0 radical (unpaired) electrons. The molecular weight excluding hydrogens is 687 g/mol. The molecular formula is C52H48P2. The van der Waals surface area contributed by atoms with Gasteiger partial charge in [0.25, 0.3) is 0 Å². The summed E-state index contributed by atoms with van der Waals surface area (Å²) in [5.74, 6) is 0. The molecule has 266 valence electrons. The summed E-state index contributed by atoms with van der Waals surface area (Å²) in [6, 6.07) is 56.5. The van der Waals surface area contributed by atoms with Crippen LogP contribution >= 0.6 is 15.8 Å². The lowest BCUT2D eigenvalue weighted by molar-refractivity contribution is 0.723. The molecule has 10 rings (SSSR count). The van der Waals surface area contributed by atoms with E-state index in [4.69, 9.17) is 0 Å². The molecule has 0 fully saturated rings. The van der Waals surface area contributed by atoms with Gasteiger partial charge >= 0.3 is 0 Å². The van der Waals surface area contributed by atoms with Crippen molar-refractivity contribution in [1.29, 1.82) is 0 Å². The van der Waals surface area contributed by atoms with Crippen LogP contribution in [0.5, 0.6) is 0 Å². The van der Waals surface area contributed by atoms with Gasteiger partial charge in [0.2, 0.25) is 0 Å². The van der Waals surface area contributed by atoms with Crippen molar-refractivity contribution in [3.8, 4) is 22.3 Å². The van der Waals surface area contributed by atoms with Crippen LogP contribution in [0.3, 0.4) is 0 Å². The van der Waals surface area contributed by atoms with Crippen molar-refractivity contribution in [2.24, 2.45) is 0 Å². The summed E-state index contributed by atoms with van der Waals surface area (Å²) in [5, 5.41) is 11.1. The molecule has 0 saturated heterocycles. The minimum absolute atomic E-state index is 0.123. The van der Waals surface area contributed by atoms with E-state index in [-0.39, 0.29) is 10.3 Å². The Morgan fingerprint density at radius 3 is 0.981 bits per heavy atom. The number of benzene rings is 8. The summed E-state index contributed by atoms with van der Waals surface area (Å²) in [4.78, 5) is 0. The van der Waals surface area contributed by atoms with E-state index >= 15 is 0 Å². The van der Waals surface area contributed by atoms with Crippen LogP contribution in [0.25, 0.3) is 65.3 Å². The van der Waals surface area contributed by atoms with Gasteiger partial charge in [-0.05, 0) is 110 Å². The lowest BCUT2D eigenvalue weighted by Gasteiger charge is -2.48. The van der Waals surface area contributed by atoms with Crippen LogP contribution in [0, 0.1) is 0 Å². The van der Waals surface area contributed by atoms with Gasteiger partial charge in [0.05, 0.1) is 0 Å². The molecule has 0 aliphatic carbocycles. The molecule has 0 bridgehead atoms. The smallest absolute Gasteiger partial charge is 0.0165 e. The Morgan fingerprint density at radius 2 is 0.648 bits per heavy atom. The average Bonchev–Trinajstić information content (AvgIpc) is 3.43. The molecule has 2 heterocycles. The fraction of sp³-hybridized carbons (Fsp3) is 0.231. The maximum Gasteiger partial charge on any atom is 0.0165 e. The number of rotatable bonds is 1. The van der Waals surface area contributed by atoms with Crippen molar-refractivity contribution >= 4 is 58.9 Å². The summed E-state index contributed by atoms with van der Waals surface area (Å²) in [5.41, 5.74) is 12.8. The lowest BCUT2D eigenvalue weighted by atomic mass is 9.83. The predicted molar refractivity (Wildman–Crippen MR) is 240 cm³/mol. The molecule has 8 aromatic carbocycles. The molecule has 0 aromatic heterocycles. The molecule has 54 heavy (non-hydrogen) atoms. The molecule has 0 spiro atoms. The van der Waals surface area contributed by atoms with E-state index in [0.717, 1.165) is 12.3 Å². The van der Waals surface area contributed by atoms with Crippen molar-refractivity contribution in [2.75, 3.05) is 0 Å². The summed E-state index contributed by atoms with van der Waals surface area (Å²) >= 11 is 0. The van der Waals surface area contributed by atoms with Crippen LogP contribution < -0.4 is 0 Å². The summed E-state index contributed by atoms with van der Waals surface area (Å²) < 4.78 is 0. The van der Waals surface area contributed by atoms with E-state index in [2.05, 4.69) is 187 Å². The van der Waals surface area contributed by atoms with Crippen LogP contribution in [0.1, 0.15) is 75.1 Å². The second kappa shape index (κ2) is 12.6. The van der Waals surface area contributed by atoms with E-state index < -0.39 is 15.8 Å². The number of hydrogen-bond acceptors (Lipinski definition) is 0. The molecule has 0 amide bonds. The SMILES string of the molecule is CC(C)(C)P1Cc2ccc3ccccc3c2-c2c(ccc3ccccc23)[C@H]1[C@@H]1c2ccc3ccccc3c2-c2c(ccc3ccccc23)CP1C(C)(C)C. The molecule has 2 unspecified atom stereocenters. The summed E-state index contributed by atoms with van der Waals surface area (Å²) in [6.07, 6.45) is 2.24. The molecule has 0 saturated carbocycles. The third-order valence-electron chi connectivity index (χ3n) is 12.5. The Hall–Kier alpha value is -4.34. The van der Waals surface area contributed by atoms with Crippen LogP contribution in [0.4, 0.5) is 0 Å². The first-order chi connectivity index (χ1) is 26.1. The number of fused-ring (bicyclic) bond motifs is 14. The quantitative estimate of drug-likeness (QED) is 0.147. The van der Waals surface area contributed by atoms with Gasteiger partial charge in [-0.1, -0.05) is 203 Å². The topological polar surface area (TPSA) is 0 Å². The molecule has 2 aliphatic heterocycles. The van der Waals surface area contributed by atoms with Crippen molar-refractivity contribution in [3.63, 3.8) is 0 Å². The molecule has 0 N–H and O–H groups in total. The second-order valence-corrected chi connectivity index (χ2v) is 23.9. The largest absolute Gasteiger partial charge is 0.0880 e. The molecule has 2 heteroatoms. The zero-order valence-electron chi connectivity index (χ0n) is 32.3. The maximum absolute atomic E-state index is 2.59. The number of hydrogen-bond donors (Lipinski definition) is 0. The van der Waals surface area contributed by atoms with Gasteiger partial charge < -0.3 is 0 Å². The van der Waals surface area contributed by atoms with Crippen molar-refractivity contribution in [2.45, 2.75) is 75.5 Å². The lowest BCUT2D eigenvalue weighted by Crippen LogP contribution is -2.25. The Bertz CT molecular complexity index is 2580. The van der Waals surface area contributed by atoms with E-state index in [1.807, 2.05) is 0 Å². The first kappa shape index (κ1) is 34.2. The highest BCUT2D eigenvalue weighted by atomic mass is 31.1. The molecule has 2 aliphatic rings. The maximum atomic E-state index is 2.59. The van der Waals surface area contributed by atoms with Gasteiger partial charge in [-0.2, -0.15) is 0 Å². The van der Waals surface area contributed by atoms with E-state index in [9.17, 15) is 0 Å². The van der Waals surface area contributed by atoms with Crippen molar-refractivity contribution in [1.82, 2.24) is 0 Å². The van der Waals surface area contributed by atoms with E-state index in [0.29, 0.717) is 11.3 Å². The monoisotopic (exact) mass is 734 g/mol. The third-order valence-corrected chi connectivity index (χ3v) is 20.0. The van der Waals surface area contributed by atoms with Crippen molar-refractivity contribution < 1.29 is 0 Å². The fourth-order valence-electron chi connectivity index (χ4n) is 10.0. The predicted octanol–water partition coefficient (Wildman–Crippen LogP) is 16.0. The Labute approximate surface area is 323 Å². The van der Waals surface area contributed by atoms with Gasteiger partial charge in [-0.3, -0.25) is 0 Å². The zero-order valence-corrected chi connectivity index (χ0v) is 34.1. The van der Waals surface area contributed by atoms with E-state index in [1.165, 1.54) is 76.5 Å². The van der Waals surface area contributed by atoms with Crippen molar-refractivity contribution in [3.05, 3.63) is 168 Å². The van der Waals surface area contributed by atoms with Crippen LogP contribution in [-0.2, 0) is 12.3 Å². The van der Waals surface area contributed by atoms with Crippen LogP contribution in [0.2, 0.25) is 0 Å². The highest BCUT2D eigenvalue weighted by molar-refractivity contribution is 7.63. The zero-order chi connectivity index (χ0) is 36.9. The van der Waals surface area contributed by atoms with Gasteiger partial charge in [0.1, 0.15) is 0 Å². The van der Waals surface area contributed by atoms with Gasteiger partial charge in [-0.25, -0.2) is 0 Å². The Balaban J connectivity index is 1.38. The summed E-state index contributed by atoms with van der Waals surface area (Å²) in [6.45, 7) is 15.3. The van der Waals surface area contributed by atoms with E-state index in [1.54, 1.807) is 11.1 Å². The second-order valence-electron chi connectivity index (χ2n) is 17.6. The highest BCUT2D eigenvalue weighted by Crippen LogP contribution is 2.79. The first-order valence-electron chi connectivity index (χ1n) is 19.7. The first-order valence-corrected chi connectivity index (χ1v) is 22.9. The standard InChI is InChI=1S/C52H48P2/c1-51(2,3)53-31-37-25-23-33-15-7-11-19-39(33)45(37)47-41-21-13-9-17-35(41)27-29-43(47)49(53)50-44-30-28-36-18-10-14-22-42(36)48(44)46-38(32-54(50)52(4,5)6)26-24-34-16-8-12-20-40(34)46/h7-30,49-50H,31-32H2,1-6H3/t49-,50-,53?,54?/m0/s1. The Morgan fingerprint density at radius 1 is 0.352 bits per heavy atom. The minimum atomic E-state index is -0.557.